The van der Waals surface area contributed by atoms with Gasteiger partial charge in [0, 0.05) is 6.20 Å². The summed E-state index contributed by atoms with van der Waals surface area (Å²) in [5, 5.41) is 15.9. The Morgan fingerprint density at radius 1 is 1.10 bits per heavy atom. The third-order valence-electron chi connectivity index (χ3n) is 4.33. The maximum Gasteiger partial charge on any atom is 0.229 e. The van der Waals surface area contributed by atoms with Gasteiger partial charge in [-0.25, -0.2) is 4.98 Å². The van der Waals surface area contributed by atoms with Crippen LogP contribution in [0, 0.1) is 0 Å². The number of aromatic nitrogens is 7. The maximum absolute atomic E-state index is 5.75. The van der Waals surface area contributed by atoms with Crippen molar-refractivity contribution in [2.24, 2.45) is 0 Å². The molecule has 0 saturated heterocycles. The lowest BCUT2D eigenvalue weighted by molar-refractivity contribution is -0.00788. The fourth-order valence-corrected chi connectivity index (χ4v) is 2.94. The average Bonchev–Trinajstić information content (AvgIpc) is 3.35. The summed E-state index contributed by atoms with van der Waals surface area (Å²) in [6.07, 6.45) is 5.26. The van der Waals surface area contributed by atoms with E-state index in [0.717, 1.165) is 17.1 Å². The molecule has 1 N–H and O–H groups in total. The van der Waals surface area contributed by atoms with Gasteiger partial charge in [-0.2, -0.15) is 14.8 Å². The third-order valence-corrected chi connectivity index (χ3v) is 4.33. The van der Waals surface area contributed by atoms with Crippen molar-refractivity contribution in [3.63, 3.8) is 0 Å². The van der Waals surface area contributed by atoms with E-state index < -0.39 is 0 Å². The number of rotatable bonds is 8. The van der Waals surface area contributed by atoms with Crippen molar-refractivity contribution in [3.8, 4) is 11.4 Å². The predicted molar refractivity (Wildman–Crippen MR) is 117 cm³/mol. The van der Waals surface area contributed by atoms with Gasteiger partial charge < -0.3 is 14.8 Å². The van der Waals surface area contributed by atoms with Gasteiger partial charge in [-0.05, 0) is 52.0 Å². The van der Waals surface area contributed by atoms with E-state index in [1.54, 1.807) is 17.1 Å². The third kappa shape index (κ3) is 5.15. The van der Waals surface area contributed by atoms with Crippen LogP contribution in [0.25, 0.3) is 16.9 Å². The van der Waals surface area contributed by atoms with Crippen molar-refractivity contribution in [3.05, 3.63) is 42.9 Å². The highest BCUT2D eigenvalue weighted by molar-refractivity contribution is 5.72. The van der Waals surface area contributed by atoms with E-state index in [9.17, 15) is 0 Å². The summed E-state index contributed by atoms with van der Waals surface area (Å²) in [6.45, 7) is 9.91. The highest BCUT2D eigenvalue weighted by Crippen LogP contribution is 2.20. The van der Waals surface area contributed by atoms with E-state index in [-0.39, 0.29) is 5.60 Å². The van der Waals surface area contributed by atoms with Gasteiger partial charge in [-0.1, -0.05) is 5.21 Å². The van der Waals surface area contributed by atoms with Gasteiger partial charge in [0.15, 0.2) is 11.2 Å². The molecule has 0 saturated carbocycles. The van der Waals surface area contributed by atoms with E-state index in [1.807, 2.05) is 62.8 Å². The fraction of sp³-hybridized carbons (Fsp3) is 0.381. The van der Waals surface area contributed by atoms with E-state index in [2.05, 4.69) is 30.7 Å². The number of hydrogen-bond donors (Lipinski definition) is 1. The molecular weight excluding hydrogens is 396 g/mol. The molecule has 0 unspecified atom stereocenters. The first-order valence-electron chi connectivity index (χ1n) is 10.2. The van der Waals surface area contributed by atoms with Gasteiger partial charge in [-0.3, -0.25) is 4.68 Å². The van der Waals surface area contributed by atoms with Gasteiger partial charge >= 0.3 is 0 Å². The van der Waals surface area contributed by atoms with Crippen LogP contribution in [0.5, 0.6) is 5.75 Å². The Morgan fingerprint density at radius 3 is 2.65 bits per heavy atom. The van der Waals surface area contributed by atoms with E-state index in [4.69, 9.17) is 9.47 Å². The minimum atomic E-state index is -0.169. The van der Waals surface area contributed by atoms with Crippen LogP contribution in [0.4, 0.5) is 11.6 Å². The molecular formula is C21H26N8O2. The summed E-state index contributed by atoms with van der Waals surface area (Å²) in [4.78, 5) is 8.92. The van der Waals surface area contributed by atoms with Crippen LogP contribution in [0.3, 0.4) is 0 Å². The van der Waals surface area contributed by atoms with Crippen molar-refractivity contribution in [1.82, 2.24) is 34.7 Å². The highest BCUT2D eigenvalue weighted by Gasteiger charge is 2.12. The van der Waals surface area contributed by atoms with Crippen LogP contribution in [-0.2, 0) is 11.3 Å². The Balaban J connectivity index is 1.49. The molecule has 0 amide bonds. The van der Waals surface area contributed by atoms with Crippen LogP contribution >= 0.6 is 0 Å². The number of anilines is 2. The summed E-state index contributed by atoms with van der Waals surface area (Å²) >= 11 is 0. The quantitative estimate of drug-likeness (QED) is 0.461. The van der Waals surface area contributed by atoms with Crippen molar-refractivity contribution >= 4 is 22.8 Å². The SMILES string of the molecule is CCOc1ccc(-n2nnc3cnc(Nc4cnn(CCOC(C)(C)C)c4)nc32)cc1. The molecule has 4 aromatic rings. The lowest BCUT2D eigenvalue weighted by atomic mass is 10.2. The zero-order valence-electron chi connectivity index (χ0n) is 18.1. The van der Waals surface area contributed by atoms with Crippen molar-refractivity contribution in [2.75, 3.05) is 18.5 Å². The number of ether oxygens (including phenoxy) is 2. The second kappa shape index (κ2) is 8.68. The first-order chi connectivity index (χ1) is 14.9. The van der Waals surface area contributed by atoms with Crippen molar-refractivity contribution < 1.29 is 9.47 Å². The highest BCUT2D eigenvalue weighted by atomic mass is 16.5. The molecule has 10 heteroatoms. The second-order valence-corrected chi connectivity index (χ2v) is 7.91. The molecule has 162 valence electrons. The number of nitrogens with zero attached hydrogens (tertiary/aromatic N) is 7. The Labute approximate surface area is 180 Å². The van der Waals surface area contributed by atoms with E-state index in [1.165, 1.54) is 0 Å². The zero-order chi connectivity index (χ0) is 21.8. The van der Waals surface area contributed by atoms with Crippen molar-refractivity contribution in [1.29, 1.82) is 0 Å². The average molecular weight is 422 g/mol. The lowest BCUT2D eigenvalue weighted by Gasteiger charge is -2.19. The van der Waals surface area contributed by atoms with Crippen LogP contribution in [-0.4, -0.2) is 53.6 Å². The van der Waals surface area contributed by atoms with E-state index in [0.29, 0.717) is 36.9 Å². The molecule has 0 spiro atoms. The summed E-state index contributed by atoms with van der Waals surface area (Å²) < 4.78 is 14.7. The van der Waals surface area contributed by atoms with Gasteiger partial charge in [0.25, 0.3) is 0 Å². The van der Waals surface area contributed by atoms with Crippen molar-refractivity contribution in [2.45, 2.75) is 39.8 Å². The summed E-state index contributed by atoms with van der Waals surface area (Å²) in [6, 6.07) is 7.62. The van der Waals surface area contributed by atoms with Crippen LogP contribution < -0.4 is 10.1 Å². The molecule has 0 aliphatic rings. The molecule has 4 rings (SSSR count). The Hall–Kier alpha value is -3.53. The van der Waals surface area contributed by atoms with Crippen LogP contribution in [0.2, 0.25) is 0 Å². The lowest BCUT2D eigenvalue weighted by Crippen LogP contribution is -2.22. The molecule has 0 aliphatic heterocycles. The molecule has 0 atom stereocenters. The van der Waals surface area contributed by atoms with E-state index >= 15 is 0 Å². The Kier molecular flexibility index (Phi) is 5.81. The Morgan fingerprint density at radius 2 is 1.90 bits per heavy atom. The van der Waals surface area contributed by atoms with Crippen LogP contribution in [0.15, 0.2) is 42.9 Å². The zero-order valence-corrected chi connectivity index (χ0v) is 18.1. The number of benzene rings is 1. The monoisotopic (exact) mass is 422 g/mol. The molecule has 31 heavy (non-hydrogen) atoms. The normalized spacial score (nSPS) is 11.7. The predicted octanol–water partition coefficient (Wildman–Crippen LogP) is 3.36. The number of hydrogen-bond acceptors (Lipinski definition) is 8. The molecule has 10 nitrogen and oxygen atoms in total. The Bertz CT molecular complexity index is 1140. The first-order valence-corrected chi connectivity index (χ1v) is 10.2. The van der Waals surface area contributed by atoms with Gasteiger partial charge in [0.05, 0.1) is 49.1 Å². The molecule has 0 radical (unpaired) electrons. The fourth-order valence-electron chi connectivity index (χ4n) is 2.94. The molecule has 0 bridgehead atoms. The minimum absolute atomic E-state index is 0.169. The number of nitrogens with one attached hydrogen (secondary N) is 1. The maximum atomic E-state index is 5.75. The largest absolute Gasteiger partial charge is 0.494 e. The van der Waals surface area contributed by atoms with Gasteiger partial charge in [-0.15, -0.1) is 5.10 Å². The second-order valence-electron chi connectivity index (χ2n) is 7.91. The molecule has 0 fully saturated rings. The number of fused-ring (bicyclic) bond motifs is 1. The summed E-state index contributed by atoms with van der Waals surface area (Å²) in [5.41, 5.74) is 2.66. The molecule has 3 heterocycles. The smallest absolute Gasteiger partial charge is 0.229 e. The molecule has 3 aromatic heterocycles. The minimum Gasteiger partial charge on any atom is -0.494 e. The summed E-state index contributed by atoms with van der Waals surface area (Å²) in [5.74, 6) is 1.24. The topological polar surface area (TPSA) is 105 Å². The summed E-state index contributed by atoms with van der Waals surface area (Å²) in [7, 11) is 0. The first kappa shape index (κ1) is 20.7. The van der Waals surface area contributed by atoms with Crippen LogP contribution in [0.1, 0.15) is 27.7 Å². The van der Waals surface area contributed by atoms with Gasteiger partial charge in [0.2, 0.25) is 5.95 Å². The molecule has 1 aromatic carbocycles. The standard InChI is InChI=1S/C21H26N8O2/c1-5-30-17-8-6-16(7-9-17)29-19-18(26-27-29)13-22-20(25-19)24-15-12-23-28(14-15)10-11-31-21(2,3)4/h6-9,12-14H,5,10-11H2,1-4H3,(H,22,24,25). The molecule has 0 aliphatic carbocycles. The van der Waals surface area contributed by atoms with Gasteiger partial charge in [0.1, 0.15) is 5.75 Å².